The van der Waals surface area contributed by atoms with Gasteiger partial charge in [0.2, 0.25) is 11.8 Å². The Bertz CT molecular complexity index is 803. The summed E-state index contributed by atoms with van der Waals surface area (Å²) >= 11 is 0. The van der Waals surface area contributed by atoms with Crippen LogP contribution in [0.5, 0.6) is 0 Å². The standard InChI is InChI=1S/C21H27F3N4O2/c1-25-19(26-11-12-28-17(29)7-3-8-18(28)30)27-14-20(9-4-10-20)15-5-2-6-16(13-15)21(22,23)24/h2,5-6,13H,3-4,7-12,14H2,1H3,(H2,25,26,27). The van der Waals surface area contributed by atoms with Crippen molar-refractivity contribution in [2.75, 3.05) is 26.7 Å². The van der Waals surface area contributed by atoms with E-state index in [2.05, 4.69) is 15.6 Å². The zero-order chi connectivity index (χ0) is 21.8. The van der Waals surface area contributed by atoms with Crippen molar-refractivity contribution in [3.8, 4) is 0 Å². The first-order chi connectivity index (χ1) is 14.2. The molecule has 1 saturated heterocycles. The van der Waals surface area contributed by atoms with Crippen molar-refractivity contribution in [2.45, 2.75) is 50.1 Å². The predicted octanol–water partition coefficient (Wildman–Crippen LogP) is 2.83. The molecule has 2 aliphatic rings. The van der Waals surface area contributed by atoms with Crippen LogP contribution in [0.3, 0.4) is 0 Å². The first-order valence-electron chi connectivity index (χ1n) is 10.2. The second-order valence-corrected chi connectivity index (χ2v) is 7.86. The van der Waals surface area contributed by atoms with E-state index in [1.807, 2.05) is 0 Å². The third-order valence-corrected chi connectivity index (χ3v) is 5.94. The van der Waals surface area contributed by atoms with Crippen molar-refractivity contribution >= 4 is 17.8 Å². The lowest BCUT2D eigenvalue weighted by Crippen LogP contribution is -2.50. The molecular weight excluding hydrogens is 397 g/mol. The Morgan fingerprint density at radius 1 is 1.13 bits per heavy atom. The summed E-state index contributed by atoms with van der Waals surface area (Å²) in [5.74, 6) is 0.174. The Morgan fingerprint density at radius 3 is 2.40 bits per heavy atom. The second-order valence-electron chi connectivity index (χ2n) is 7.86. The molecule has 0 spiro atoms. The number of imide groups is 1. The number of hydrogen-bond donors (Lipinski definition) is 2. The van der Waals surface area contributed by atoms with Crippen molar-refractivity contribution < 1.29 is 22.8 Å². The fourth-order valence-corrected chi connectivity index (χ4v) is 4.01. The van der Waals surface area contributed by atoms with Gasteiger partial charge in [-0.15, -0.1) is 0 Å². The highest BCUT2D eigenvalue weighted by Gasteiger charge is 2.40. The van der Waals surface area contributed by atoms with Crippen LogP contribution in [0.15, 0.2) is 29.3 Å². The molecule has 30 heavy (non-hydrogen) atoms. The van der Waals surface area contributed by atoms with E-state index in [-0.39, 0.29) is 23.8 Å². The smallest absolute Gasteiger partial charge is 0.356 e. The SMILES string of the molecule is CN=C(NCCN1C(=O)CCCC1=O)NCC1(c2cccc(C(F)(F)F)c2)CCC1. The quantitative estimate of drug-likeness (QED) is 0.419. The van der Waals surface area contributed by atoms with Crippen LogP contribution in [-0.2, 0) is 21.2 Å². The van der Waals surface area contributed by atoms with E-state index < -0.39 is 11.7 Å². The second kappa shape index (κ2) is 9.06. The molecule has 0 aromatic heterocycles. The predicted molar refractivity (Wildman–Crippen MR) is 107 cm³/mol. The van der Waals surface area contributed by atoms with Crippen molar-refractivity contribution in [3.05, 3.63) is 35.4 Å². The Morgan fingerprint density at radius 2 is 1.83 bits per heavy atom. The molecule has 164 valence electrons. The molecule has 1 saturated carbocycles. The van der Waals surface area contributed by atoms with E-state index in [4.69, 9.17) is 0 Å². The van der Waals surface area contributed by atoms with E-state index in [1.165, 1.54) is 17.0 Å². The van der Waals surface area contributed by atoms with Crippen LogP contribution in [0.1, 0.15) is 49.7 Å². The Hall–Kier alpha value is -2.58. The van der Waals surface area contributed by atoms with E-state index in [1.54, 1.807) is 13.1 Å². The monoisotopic (exact) mass is 424 g/mol. The summed E-state index contributed by atoms with van der Waals surface area (Å²) in [6.07, 6.45) is -0.429. The number of benzene rings is 1. The average molecular weight is 424 g/mol. The Kier molecular flexibility index (Phi) is 6.67. The van der Waals surface area contributed by atoms with Gasteiger partial charge in [-0.2, -0.15) is 13.2 Å². The number of amides is 2. The molecule has 2 fully saturated rings. The molecule has 1 aromatic carbocycles. The van der Waals surface area contributed by atoms with Crippen LogP contribution in [0.25, 0.3) is 0 Å². The zero-order valence-electron chi connectivity index (χ0n) is 17.0. The number of halogens is 3. The Labute approximate surface area is 173 Å². The first-order valence-corrected chi connectivity index (χ1v) is 10.2. The van der Waals surface area contributed by atoms with E-state index >= 15 is 0 Å². The molecule has 9 heteroatoms. The third-order valence-electron chi connectivity index (χ3n) is 5.94. The van der Waals surface area contributed by atoms with Gasteiger partial charge in [-0.05, 0) is 30.9 Å². The number of nitrogens with one attached hydrogen (secondary N) is 2. The first kappa shape index (κ1) is 22.1. The minimum Gasteiger partial charge on any atom is -0.356 e. The van der Waals surface area contributed by atoms with E-state index in [9.17, 15) is 22.8 Å². The number of aliphatic imine (C=N–C) groups is 1. The number of alkyl halides is 3. The molecule has 0 atom stereocenters. The number of guanidine groups is 1. The summed E-state index contributed by atoms with van der Waals surface area (Å²) in [7, 11) is 1.60. The van der Waals surface area contributed by atoms with Crippen molar-refractivity contribution in [1.82, 2.24) is 15.5 Å². The number of hydrogen-bond acceptors (Lipinski definition) is 3. The molecule has 3 rings (SSSR count). The van der Waals surface area contributed by atoms with Gasteiger partial charge in [0.25, 0.3) is 0 Å². The lowest BCUT2D eigenvalue weighted by Gasteiger charge is -2.43. The molecule has 1 aliphatic carbocycles. The van der Waals surface area contributed by atoms with Gasteiger partial charge in [0.1, 0.15) is 0 Å². The minimum absolute atomic E-state index is 0.158. The highest BCUT2D eigenvalue weighted by atomic mass is 19.4. The maximum Gasteiger partial charge on any atom is 0.416 e. The zero-order valence-corrected chi connectivity index (χ0v) is 17.0. The van der Waals surface area contributed by atoms with E-state index in [0.717, 1.165) is 25.3 Å². The molecule has 1 heterocycles. The average Bonchev–Trinajstić information content (AvgIpc) is 2.67. The Balaban J connectivity index is 1.57. The normalized spacial score (nSPS) is 19.5. The van der Waals surface area contributed by atoms with Crippen LogP contribution in [0.2, 0.25) is 0 Å². The van der Waals surface area contributed by atoms with Gasteiger partial charge in [-0.25, -0.2) is 0 Å². The van der Waals surface area contributed by atoms with Gasteiger partial charge in [0.15, 0.2) is 5.96 Å². The lowest BCUT2D eigenvalue weighted by atomic mass is 9.64. The summed E-state index contributed by atoms with van der Waals surface area (Å²) in [5, 5.41) is 6.28. The highest BCUT2D eigenvalue weighted by Crippen LogP contribution is 2.44. The topological polar surface area (TPSA) is 73.8 Å². The molecule has 2 N–H and O–H groups in total. The highest BCUT2D eigenvalue weighted by molar-refractivity contribution is 5.97. The van der Waals surface area contributed by atoms with E-state index in [0.29, 0.717) is 43.9 Å². The van der Waals surface area contributed by atoms with Crippen molar-refractivity contribution in [2.24, 2.45) is 4.99 Å². The van der Waals surface area contributed by atoms with Crippen molar-refractivity contribution in [3.63, 3.8) is 0 Å². The fraction of sp³-hybridized carbons (Fsp3) is 0.571. The molecule has 0 radical (unpaired) electrons. The van der Waals surface area contributed by atoms with Gasteiger partial charge in [0, 0.05) is 44.9 Å². The molecule has 1 aromatic rings. The summed E-state index contributed by atoms with van der Waals surface area (Å²) in [6, 6.07) is 5.54. The number of likely N-dealkylation sites (tertiary alicyclic amines) is 1. The van der Waals surface area contributed by atoms with Crippen LogP contribution in [0.4, 0.5) is 13.2 Å². The lowest BCUT2D eigenvalue weighted by molar-refractivity contribution is -0.147. The van der Waals surface area contributed by atoms with Gasteiger partial charge in [-0.1, -0.05) is 24.6 Å². The van der Waals surface area contributed by atoms with Crippen molar-refractivity contribution in [1.29, 1.82) is 0 Å². The summed E-state index contributed by atoms with van der Waals surface area (Å²) in [6.45, 7) is 1.07. The number of rotatable bonds is 6. The number of piperidine rings is 1. The largest absolute Gasteiger partial charge is 0.416 e. The third kappa shape index (κ3) is 4.94. The van der Waals surface area contributed by atoms with Crippen LogP contribution in [0, 0.1) is 0 Å². The van der Waals surface area contributed by atoms with Gasteiger partial charge in [-0.3, -0.25) is 19.5 Å². The van der Waals surface area contributed by atoms with Gasteiger partial charge in [0.05, 0.1) is 5.56 Å². The number of carbonyl (C=O) groups excluding carboxylic acids is 2. The molecule has 1 aliphatic heterocycles. The van der Waals surface area contributed by atoms with Crippen LogP contribution < -0.4 is 10.6 Å². The summed E-state index contributed by atoms with van der Waals surface area (Å²) < 4.78 is 39.3. The van der Waals surface area contributed by atoms with Crippen LogP contribution in [-0.4, -0.2) is 49.4 Å². The van der Waals surface area contributed by atoms with Crippen LogP contribution >= 0.6 is 0 Å². The summed E-state index contributed by atoms with van der Waals surface area (Å²) in [4.78, 5) is 29.1. The number of nitrogens with zero attached hydrogens (tertiary/aromatic N) is 2. The van der Waals surface area contributed by atoms with Gasteiger partial charge < -0.3 is 10.6 Å². The molecule has 2 amide bonds. The molecule has 0 bridgehead atoms. The molecular formula is C21H27F3N4O2. The van der Waals surface area contributed by atoms with Gasteiger partial charge >= 0.3 is 6.18 Å². The molecule has 6 nitrogen and oxygen atoms in total. The summed E-state index contributed by atoms with van der Waals surface area (Å²) in [5.41, 5.74) is -0.321. The molecule has 0 unspecified atom stereocenters. The maximum absolute atomic E-state index is 13.1. The fourth-order valence-electron chi connectivity index (χ4n) is 4.01. The number of carbonyl (C=O) groups is 2. The minimum atomic E-state index is -4.37. The maximum atomic E-state index is 13.1.